The van der Waals surface area contributed by atoms with Crippen LogP contribution in [-0.4, -0.2) is 15.9 Å². The van der Waals surface area contributed by atoms with Gasteiger partial charge in [0, 0.05) is 17.3 Å². The third-order valence-corrected chi connectivity index (χ3v) is 3.31. The maximum absolute atomic E-state index is 12.2. The number of nitrogens with one attached hydrogen (secondary N) is 1. The van der Waals surface area contributed by atoms with E-state index >= 15 is 0 Å². The summed E-state index contributed by atoms with van der Waals surface area (Å²) in [5.74, 6) is 0.339. The van der Waals surface area contributed by atoms with E-state index in [0.717, 1.165) is 29.8 Å². The molecule has 2 aromatic rings. The number of anilines is 1. The van der Waals surface area contributed by atoms with Gasteiger partial charge in [-0.05, 0) is 37.5 Å². The molecule has 1 aliphatic carbocycles. The number of hydrogen-bond acceptors (Lipinski definition) is 3. The van der Waals surface area contributed by atoms with Crippen molar-refractivity contribution in [3.05, 3.63) is 53.6 Å². The molecule has 0 aliphatic heterocycles. The summed E-state index contributed by atoms with van der Waals surface area (Å²) in [5.41, 5.74) is 3.26. The second kappa shape index (κ2) is 4.80. The predicted molar refractivity (Wildman–Crippen MR) is 73.1 cm³/mol. The molecule has 3 rings (SSSR count). The molecule has 0 unspecified atom stereocenters. The normalized spacial score (nSPS) is 14.2. The van der Waals surface area contributed by atoms with E-state index in [2.05, 4.69) is 15.3 Å². The molecule has 1 amide bonds. The van der Waals surface area contributed by atoms with Crippen LogP contribution in [0.4, 0.5) is 5.69 Å². The number of para-hydroxylation sites is 1. The van der Waals surface area contributed by atoms with Gasteiger partial charge in [0.2, 0.25) is 0 Å². The topological polar surface area (TPSA) is 54.9 Å². The first-order valence-electron chi connectivity index (χ1n) is 6.43. The van der Waals surface area contributed by atoms with Crippen molar-refractivity contribution in [1.82, 2.24) is 9.97 Å². The first-order valence-corrected chi connectivity index (χ1v) is 6.43. The van der Waals surface area contributed by atoms with Crippen LogP contribution < -0.4 is 5.32 Å². The van der Waals surface area contributed by atoms with E-state index in [1.54, 1.807) is 6.07 Å². The molecule has 0 saturated heterocycles. The van der Waals surface area contributed by atoms with E-state index in [0.29, 0.717) is 11.6 Å². The zero-order valence-electron chi connectivity index (χ0n) is 10.8. The standard InChI is InChI=1S/C15H15N3O/c1-10-4-2-3-5-12(10)18-15(19)14-8-13(11-6-7-11)16-9-17-14/h2-5,8-9,11H,6-7H2,1H3,(H,18,19). The second-order valence-electron chi connectivity index (χ2n) is 4.87. The number of aryl methyl sites for hydroxylation is 1. The maximum Gasteiger partial charge on any atom is 0.274 e. The predicted octanol–water partition coefficient (Wildman–Crippen LogP) is 2.91. The van der Waals surface area contributed by atoms with E-state index in [-0.39, 0.29) is 5.91 Å². The lowest BCUT2D eigenvalue weighted by Crippen LogP contribution is -2.15. The lowest BCUT2D eigenvalue weighted by molar-refractivity contribution is 0.102. The molecule has 4 heteroatoms. The summed E-state index contributed by atoms with van der Waals surface area (Å²) in [7, 11) is 0. The van der Waals surface area contributed by atoms with Crippen molar-refractivity contribution in [3.63, 3.8) is 0 Å². The minimum atomic E-state index is -0.182. The van der Waals surface area contributed by atoms with Crippen molar-refractivity contribution in [2.75, 3.05) is 5.32 Å². The summed E-state index contributed by atoms with van der Waals surface area (Å²) in [6, 6.07) is 9.49. The number of carbonyl (C=O) groups excluding carboxylic acids is 1. The van der Waals surface area contributed by atoms with Crippen molar-refractivity contribution in [2.24, 2.45) is 0 Å². The first-order chi connectivity index (χ1) is 9.24. The second-order valence-corrected chi connectivity index (χ2v) is 4.87. The minimum Gasteiger partial charge on any atom is -0.320 e. The number of benzene rings is 1. The zero-order chi connectivity index (χ0) is 13.2. The van der Waals surface area contributed by atoms with Gasteiger partial charge in [0.15, 0.2) is 0 Å². The number of amides is 1. The van der Waals surface area contributed by atoms with Crippen LogP contribution in [0.3, 0.4) is 0 Å². The summed E-state index contributed by atoms with van der Waals surface area (Å²) >= 11 is 0. The molecule has 1 aliphatic rings. The summed E-state index contributed by atoms with van der Waals surface area (Å²) in [6.45, 7) is 1.96. The number of nitrogens with zero attached hydrogens (tertiary/aromatic N) is 2. The molecule has 1 saturated carbocycles. The SMILES string of the molecule is Cc1ccccc1NC(=O)c1cc(C2CC2)ncn1. The first kappa shape index (κ1) is 11.8. The highest BCUT2D eigenvalue weighted by molar-refractivity contribution is 6.03. The van der Waals surface area contributed by atoms with Crippen molar-refractivity contribution in [1.29, 1.82) is 0 Å². The average Bonchev–Trinajstić information content (AvgIpc) is 3.26. The smallest absolute Gasteiger partial charge is 0.274 e. The molecule has 1 N–H and O–H groups in total. The van der Waals surface area contributed by atoms with Crippen LogP contribution in [0.2, 0.25) is 0 Å². The summed E-state index contributed by atoms with van der Waals surface area (Å²) < 4.78 is 0. The number of aromatic nitrogens is 2. The molecular formula is C15H15N3O. The van der Waals surface area contributed by atoms with Crippen molar-refractivity contribution in [2.45, 2.75) is 25.7 Å². The molecule has 1 aromatic carbocycles. The third kappa shape index (κ3) is 2.62. The minimum absolute atomic E-state index is 0.182. The fourth-order valence-corrected chi connectivity index (χ4v) is 2.00. The molecule has 4 nitrogen and oxygen atoms in total. The van der Waals surface area contributed by atoms with Gasteiger partial charge in [-0.25, -0.2) is 9.97 Å². The number of hydrogen-bond donors (Lipinski definition) is 1. The maximum atomic E-state index is 12.2. The Kier molecular flexibility index (Phi) is 2.99. The molecule has 0 atom stereocenters. The van der Waals surface area contributed by atoms with Crippen LogP contribution in [0.25, 0.3) is 0 Å². The van der Waals surface area contributed by atoms with Crippen molar-refractivity contribution < 1.29 is 4.79 Å². The van der Waals surface area contributed by atoms with E-state index in [4.69, 9.17) is 0 Å². The van der Waals surface area contributed by atoms with Gasteiger partial charge in [0.25, 0.3) is 5.91 Å². The molecule has 1 heterocycles. The Morgan fingerprint density at radius 3 is 2.79 bits per heavy atom. The van der Waals surface area contributed by atoms with Gasteiger partial charge in [0.05, 0.1) is 0 Å². The highest BCUT2D eigenvalue weighted by Crippen LogP contribution is 2.38. The lowest BCUT2D eigenvalue weighted by atomic mass is 10.2. The molecule has 96 valence electrons. The van der Waals surface area contributed by atoms with Crippen molar-refractivity contribution in [3.8, 4) is 0 Å². The van der Waals surface area contributed by atoms with Gasteiger partial charge in [-0.1, -0.05) is 18.2 Å². The van der Waals surface area contributed by atoms with E-state index in [1.165, 1.54) is 6.33 Å². The molecule has 0 radical (unpaired) electrons. The molecule has 19 heavy (non-hydrogen) atoms. The van der Waals surface area contributed by atoms with Crippen LogP contribution >= 0.6 is 0 Å². The van der Waals surface area contributed by atoms with Gasteiger partial charge >= 0.3 is 0 Å². The van der Waals surface area contributed by atoms with E-state index in [1.807, 2.05) is 31.2 Å². The molecular weight excluding hydrogens is 238 g/mol. The third-order valence-electron chi connectivity index (χ3n) is 3.31. The van der Waals surface area contributed by atoms with E-state index < -0.39 is 0 Å². The fourth-order valence-electron chi connectivity index (χ4n) is 2.00. The number of carbonyl (C=O) groups is 1. The Bertz CT molecular complexity index is 620. The van der Waals surface area contributed by atoms with Gasteiger partial charge in [-0.2, -0.15) is 0 Å². The monoisotopic (exact) mass is 253 g/mol. The largest absolute Gasteiger partial charge is 0.320 e. The van der Waals surface area contributed by atoms with Crippen LogP contribution in [0.1, 0.15) is 40.5 Å². The van der Waals surface area contributed by atoms with Gasteiger partial charge in [-0.3, -0.25) is 4.79 Å². The summed E-state index contributed by atoms with van der Waals surface area (Å²) in [4.78, 5) is 20.4. The van der Waals surface area contributed by atoms with Crippen LogP contribution in [0.5, 0.6) is 0 Å². The van der Waals surface area contributed by atoms with Gasteiger partial charge in [0.1, 0.15) is 12.0 Å². The summed E-state index contributed by atoms with van der Waals surface area (Å²) in [6.07, 6.45) is 3.80. The average molecular weight is 253 g/mol. The molecule has 0 spiro atoms. The van der Waals surface area contributed by atoms with Crippen LogP contribution in [0, 0.1) is 6.92 Å². The highest BCUT2D eigenvalue weighted by atomic mass is 16.1. The fraction of sp³-hybridized carbons (Fsp3) is 0.267. The Hall–Kier alpha value is -2.23. The van der Waals surface area contributed by atoms with Crippen LogP contribution in [0.15, 0.2) is 36.7 Å². The lowest BCUT2D eigenvalue weighted by Gasteiger charge is -2.07. The molecule has 1 aromatic heterocycles. The van der Waals surface area contributed by atoms with Crippen molar-refractivity contribution >= 4 is 11.6 Å². The highest BCUT2D eigenvalue weighted by Gasteiger charge is 2.25. The Balaban J connectivity index is 1.80. The molecule has 0 bridgehead atoms. The Morgan fingerprint density at radius 2 is 2.05 bits per heavy atom. The molecule has 1 fully saturated rings. The Labute approximate surface area is 111 Å². The van der Waals surface area contributed by atoms with Gasteiger partial charge in [-0.15, -0.1) is 0 Å². The zero-order valence-corrected chi connectivity index (χ0v) is 10.8. The Morgan fingerprint density at radius 1 is 1.26 bits per heavy atom. The van der Waals surface area contributed by atoms with E-state index in [9.17, 15) is 4.79 Å². The summed E-state index contributed by atoms with van der Waals surface area (Å²) in [5, 5.41) is 2.88. The number of rotatable bonds is 3. The van der Waals surface area contributed by atoms with Gasteiger partial charge < -0.3 is 5.32 Å². The quantitative estimate of drug-likeness (QED) is 0.915. The van der Waals surface area contributed by atoms with Crippen LogP contribution in [-0.2, 0) is 0 Å².